The molecule has 1 aromatic rings. The molecule has 2 atom stereocenters. The lowest BCUT2D eigenvalue weighted by Crippen LogP contribution is -2.36. The minimum atomic E-state index is 0.0633. The summed E-state index contributed by atoms with van der Waals surface area (Å²) in [6.07, 6.45) is 2.35. The molecule has 1 heterocycles. The molecule has 0 aliphatic carbocycles. The minimum Gasteiger partial charge on any atom is -0.497 e. The molecule has 2 rings (SSSR count). The lowest BCUT2D eigenvalue weighted by atomic mass is 10.00. The lowest BCUT2D eigenvalue weighted by Gasteiger charge is -2.22. The average molecular weight is 222 g/mol. The molecule has 4 nitrogen and oxygen atoms in total. The monoisotopic (exact) mass is 222 g/mol. The molecule has 3 N–H and O–H groups in total. The second-order valence-electron chi connectivity index (χ2n) is 3.97. The van der Waals surface area contributed by atoms with Gasteiger partial charge >= 0.3 is 0 Å². The van der Waals surface area contributed by atoms with Gasteiger partial charge in [-0.1, -0.05) is 12.1 Å². The van der Waals surface area contributed by atoms with E-state index in [1.807, 2.05) is 24.3 Å². The number of ether oxygens (including phenoxy) is 2. The molecule has 1 aliphatic rings. The fourth-order valence-corrected chi connectivity index (χ4v) is 2.09. The van der Waals surface area contributed by atoms with E-state index in [2.05, 4.69) is 5.43 Å². The van der Waals surface area contributed by atoms with Crippen LogP contribution in [0.2, 0.25) is 0 Å². The number of nitrogens with one attached hydrogen (secondary N) is 1. The van der Waals surface area contributed by atoms with E-state index in [0.717, 1.165) is 30.8 Å². The molecule has 0 aromatic heterocycles. The van der Waals surface area contributed by atoms with E-state index in [1.54, 1.807) is 7.11 Å². The third-order valence-electron chi connectivity index (χ3n) is 2.99. The Morgan fingerprint density at radius 1 is 1.44 bits per heavy atom. The summed E-state index contributed by atoms with van der Waals surface area (Å²) in [5, 5.41) is 0. The quantitative estimate of drug-likeness (QED) is 0.597. The highest BCUT2D eigenvalue weighted by molar-refractivity contribution is 5.29. The largest absolute Gasteiger partial charge is 0.497 e. The van der Waals surface area contributed by atoms with Crippen molar-refractivity contribution in [3.63, 3.8) is 0 Å². The van der Waals surface area contributed by atoms with Crippen LogP contribution in [-0.4, -0.2) is 19.8 Å². The van der Waals surface area contributed by atoms with Gasteiger partial charge in [0.2, 0.25) is 0 Å². The van der Waals surface area contributed by atoms with Crippen molar-refractivity contribution < 1.29 is 9.47 Å². The van der Waals surface area contributed by atoms with Crippen LogP contribution in [0.1, 0.15) is 24.4 Å². The van der Waals surface area contributed by atoms with Gasteiger partial charge in [0.15, 0.2) is 0 Å². The van der Waals surface area contributed by atoms with Gasteiger partial charge in [-0.2, -0.15) is 0 Å². The van der Waals surface area contributed by atoms with Crippen LogP contribution in [-0.2, 0) is 4.74 Å². The Labute approximate surface area is 95.7 Å². The van der Waals surface area contributed by atoms with Crippen LogP contribution >= 0.6 is 0 Å². The first-order valence-corrected chi connectivity index (χ1v) is 5.57. The summed E-state index contributed by atoms with van der Waals surface area (Å²) in [6.45, 7) is 0.832. The number of rotatable bonds is 4. The molecular formula is C12H18N2O2. The summed E-state index contributed by atoms with van der Waals surface area (Å²) in [6, 6.07) is 7.98. The summed E-state index contributed by atoms with van der Waals surface area (Å²) >= 11 is 0. The van der Waals surface area contributed by atoms with Crippen molar-refractivity contribution in [3.8, 4) is 5.75 Å². The summed E-state index contributed by atoms with van der Waals surface area (Å²) in [5.74, 6) is 6.45. The van der Waals surface area contributed by atoms with Crippen molar-refractivity contribution in [2.24, 2.45) is 5.84 Å². The second kappa shape index (κ2) is 5.30. The maximum atomic E-state index is 5.64. The first-order valence-electron chi connectivity index (χ1n) is 5.57. The van der Waals surface area contributed by atoms with Gasteiger partial charge in [-0.3, -0.25) is 11.3 Å². The van der Waals surface area contributed by atoms with Gasteiger partial charge in [0.1, 0.15) is 5.75 Å². The first kappa shape index (κ1) is 11.4. The Bertz CT molecular complexity index is 320. The van der Waals surface area contributed by atoms with Crippen LogP contribution in [0.5, 0.6) is 5.75 Å². The van der Waals surface area contributed by atoms with Gasteiger partial charge in [-0.05, 0) is 30.5 Å². The average Bonchev–Trinajstić information content (AvgIpc) is 2.85. The van der Waals surface area contributed by atoms with Crippen LogP contribution in [0, 0.1) is 0 Å². The van der Waals surface area contributed by atoms with Crippen molar-refractivity contribution in [2.45, 2.75) is 25.0 Å². The Balaban J connectivity index is 2.12. The van der Waals surface area contributed by atoms with E-state index in [4.69, 9.17) is 15.3 Å². The topological polar surface area (TPSA) is 56.5 Å². The molecular weight excluding hydrogens is 204 g/mol. The molecule has 0 spiro atoms. The van der Waals surface area contributed by atoms with Crippen molar-refractivity contribution in [3.05, 3.63) is 29.8 Å². The van der Waals surface area contributed by atoms with Gasteiger partial charge in [0.25, 0.3) is 0 Å². The van der Waals surface area contributed by atoms with Crippen LogP contribution in [0.3, 0.4) is 0 Å². The highest BCUT2D eigenvalue weighted by Gasteiger charge is 2.26. The molecule has 0 bridgehead atoms. The summed E-state index contributed by atoms with van der Waals surface area (Å²) in [4.78, 5) is 0. The van der Waals surface area contributed by atoms with Gasteiger partial charge in [-0.15, -0.1) is 0 Å². The molecule has 0 saturated carbocycles. The predicted octanol–water partition coefficient (Wildman–Crippen LogP) is 1.38. The number of methoxy groups -OCH3 is 1. The highest BCUT2D eigenvalue weighted by Crippen LogP contribution is 2.27. The fourth-order valence-electron chi connectivity index (χ4n) is 2.09. The van der Waals surface area contributed by atoms with Crippen molar-refractivity contribution >= 4 is 0 Å². The predicted molar refractivity (Wildman–Crippen MR) is 62.0 cm³/mol. The zero-order valence-corrected chi connectivity index (χ0v) is 9.48. The van der Waals surface area contributed by atoms with Crippen molar-refractivity contribution in [1.82, 2.24) is 5.43 Å². The van der Waals surface area contributed by atoms with Gasteiger partial charge in [0, 0.05) is 6.61 Å². The van der Waals surface area contributed by atoms with E-state index in [0.29, 0.717) is 0 Å². The molecule has 2 unspecified atom stereocenters. The van der Waals surface area contributed by atoms with Crippen LogP contribution in [0.4, 0.5) is 0 Å². The summed E-state index contributed by atoms with van der Waals surface area (Å²) in [7, 11) is 1.66. The second-order valence-corrected chi connectivity index (χ2v) is 3.97. The molecule has 88 valence electrons. The third-order valence-corrected chi connectivity index (χ3v) is 2.99. The smallest absolute Gasteiger partial charge is 0.118 e. The van der Waals surface area contributed by atoms with Crippen LogP contribution in [0.25, 0.3) is 0 Å². The highest BCUT2D eigenvalue weighted by atomic mass is 16.5. The van der Waals surface area contributed by atoms with Gasteiger partial charge in [0.05, 0.1) is 19.3 Å². The van der Waals surface area contributed by atoms with Crippen LogP contribution in [0.15, 0.2) is 24.3 Å². The maximum absolute atomic E-state index is 5.64. The molecule has 0 amide bonds. The number of hydrogen-bond acceptors (Lipinski definition) is 4. The first-order chi connectivity index (χ1) is 7.85. The number of benzene rings is 1. The van der Waals surface area contributed by atoms with E-state index >= 15 is 0 Å². The Hall–Kier alpha value is -1.10. The third kappa shape index (κ3) is 2.35. The zero-order chi connectivity index (χ0) is 11.4. The molecule has 4 heteroatoms. The van der Waals surface area contributed by atoms with Gasteiger partial charge < -0.3 is 9.47 Å². The molecule has 16 heavy (non-hydrogen) atoms. The molecule has 1 aromatic carbocycles. The Kier molecular flexibility index (Phi) is 3.77. The van der Waals surface area contributed by atoms with E-state index in [-0.39, 0.29) is 12.1 Å². The summed E-state index contributed by atoms with van der Waals surface area (Å²) in [5.41, 5.74) is 3.97. The maximum Gasteiger partial charge on any atom is 0.118 e. The van der Waals surface area contributed by atoms with Crippen molar-refractivity contribution in [2.75, 3.05) is 13.7 Å². The fraction of sp³-hybridized carbons (Fsp3) is 0.500. The number of hydrogen-bond donors (Lipinski definition) is 2. The van der Waals surface area contributed by atoms with E-state index in [9.17, 15) is 0 Å². The Morgan fingerprint density at radius 2 is 2.19 bits per heavy atom. The molecule has 1 saturated heterocycles. The number of nitrogens with two attached hydrogens (primary N) is 1. The Morgan fingerprint density at radius 3 is 2.69 bits per heavy atom. The number of hydrazine groups is 1. The van der Waals surface area contributed by atoms with Crippen LogP contribution < -0.4 is 16.0 Å². The summed E-state index contributed by atoms with van der Waals surface area (Å²) < 4.78 is 10.8. The lowest BCUT2D eigenvalue weighted by molar-refractivity contribution is 0.0783. The van der Waals surface area contributed by atoms with Crippen molar-refractivity contribution in [1.29, 1.82) is 0 Å². The van der Waals surface area contributed by atoms with Gasteiger partial charge in [-0.25, -0.2) is 0 Å². The zero-order valence-electron chi connectivity index (χ0n) is 9.48. The van der Waals surface area contributed by atoms with E-state index < -0.39 is 0 Å². The normalized spacial score (nSPS) is 22.0. The van der Waals surface area contributed by atoms with E-state index in [1.165, 1.54) is 0 Å². The SMILES string of the molecule is COc1ccc(C(NN)C2CCCO2)cc1. The molecule has 1 fully saturated rings. The minimum absolute atomic E-state index is 0.0633. The molecule has 0 radical (unpaired) electrons. The molecule has 1 aliphatic heterocycles. The standard InChI is InChI=1S/C12H18N2O2/c1-15-10-6-4-9(5-7-10)12(14-13)11-3-2-8-16-11/h4-7,11-12,14H,2-3,8,13H2,1H3.